The summed E-state index contributed by atoms with van der Waals surface area (Å²) < 4.78 is 8.00. The first-order chi connectivity index (χ1) is 22.2. The van der Waals surface area contributed by atoms with Crippen molar-refractivity contribution in [1.29, 1.82) is 0 Å². The van der Waals surface area contributed by atoms with E-state index in [1.54, 1.807) is 20.2 Å². The maximum absolute atomic E-state index is 13.7. The van der Waals surface area contributed by atoms with Gasteiger partial charge in [0.25, 0.3) is 5.91 Å². The molecule has 0 saturated heterocycles. The van der Waals surface area contributed by atoms with Crippen molar-refractivity contribution in [2.24, 2.45) is 63.7 Å². The standard InChI is InChI=1S/C40H61N3O5.ClH/c1-24(2)25-13-18-40(42-33(45)27-22-43(10)23-41-27)20-19-38(8)26(32(25)40)11-12-29-37(7)16-15-30(48-31(44)21-35(3,4)34(46)47)36(5,6)28(37)14-17-39(29,38)9;/h22-23,25-26,28-30,32H,1,11-21H2,2-10H3,(H,42,45)(H,46,47);1H/t25-,26+,28-,29+,30-,32+,37-,38+,39+,40-;/m0./s1. The van der Waals surface area contributed by atoms with Gasteiger partial charge in [-0.3, -0.25) is 14.4 Å². The number of nitrogens with one attached hydrogen (secondary N) is 1. The summed E-state index contributed by atoms with van der Waals surface area (Å²) in [5, 5.41) is 13.2. The summed E-state index contributed by atoms with van der Waals surface area (Å²) in [4.78, 5) is 42.8. The Morgan fingerprint density at radius 2 is 1.67 bits per heavy atom. The molecule has 0 spiro atoms. The number of carboxylic acids is 1. The molecule has 0 radical (unpaired) electrons. The molecule has 1 heterocycles. The maximum atomic E-state index is 13.7. The van der Waals surface area contributed by atoms with E-state index in [1.807, 2.05) is 17.8 Å². The number of aliphatic carboxylic acids is 1. The Morgan fingerprint density at radius 1 is 0.980 bits per heavy atom. The number of amides is 1. The van der Waals surface area contributed by atoms with E-state index in [1.165, 1.54) is 12.0 Å². The highest BCUT2D eigenvalue weighted by atomic mass is 35.5. The summed E-state index contributed by atoms with van der Waals surface area (Å²) in [7, 11) is 1.90. The summed E-state index contributed by atoms with van der Waals surface area (Å²) in [5.74, 6) is 0.821. The first-order valence-corrected chi connectivity index (χ1v) is 18.6. The molecule has 0 aliphatic heterocycles. The Hall–Kier alpha value is -2.35. The van der Waals surface area contributed by atoms with E-state index >= 15 is 0 Å². The molecule has 1 aromatic heterocycles. The number of fused-ring (bicyclic) bond motifs is 7. The fraction of sp³-hybridized carbons (Fsp3) is 0.800. The van der Waals surface area contributed by atoms with E-state index in [0.717, 1.165) is 57.8 Å². The van der Waals surface area contributed by atoms with Gasteiger partial charge in [-0.15, -0.1) is 12.4 Å². The lowest BCUT2D eigenvalue weighted by atomic mass is 9.32. The fourth-order valence-electron chi connectivity index (χ4n) is 13.0. The number of carbonyl (C=O) groups is 3. The molecule has 1 aromatic rings. The van der Waals surface area contributed by atoms with Gasteiger partial charge in [0.15, 0.2) is 0 Å². The summed E-state index contributed by atoms with van der Waals surface area (Å²) in [5.41, 5.74) is 0.588. The number of imidazole rings is 1. The van der Waals surface area contributed by atoms with Crippen molar-refractivity contribution in [1.82, 2.24) is 14.9 Å². The largest absolute Gasteiger partial charge is 0.481 e. The molecule has 10 atom stereocenters. The number of halogens is 1. The van der Waals surface area contributed by atoms with Crippen molar-refractivity contribution < 1.29 is 24.2 Å². The normalized spacial score (nSPS) is 40.8. The van der Waals surface area contributed by atoms with Crippen LogP contribution in [0.25, 0.3) is 0 Å². The molecule has 5 aliphatic carbocycles. The van der Waals surface area contributed by atoms with Crippen molar-refractivity contribution >= 4 is 30.3 Å². The van der Waals surface area contributed by atoms with Crippen LogP contribution in [0, 0.1) is 56.7 Å². The van der Waals surface area contributed by atoms with Crippen LogP contribution in [0.1, 0.15) is 137 Å². The molecule has 5 fully saturated rings. The number of aromatic nitrogens is 2. The molecule has 9 heteroatoms. The van der Waals surface area contributed by atoms with E-state index < -0.39 is 17.4 Å². The van der Waals surface area contributed by atoms with Gasteiger partial charge >= 0.3 is 11.9 Å². The number of esters is 1. The van der Waals surface area contributed by atoms with Crippen LogP contribution in [0.15, 0.2) is 24.7 Å². The number of hydrogen-bond acceptors (Lipinski definition) is 5. The van der Waals surface area contributed by atoms with Crippen LogP contribution < -0.4 is 5.32 Å². The molecule has 2 N–H and O–H groups in total. The monoisotopic (exact) mass is 699 g/mol. The molecule has 5 saturated carbocycles. The van der Waals surface area contributed by atoms with E-state index in [2.05, 4.69) is 58.4 Å². The van der Waals surface area contributed by atoms with Gasteiger partial charge < -0.3 is 19.7 Å². The van der Waals surface area contributed by atoms with E-state index in [9.17, 15) is 19.5 Å². The van der Waals surface area contributed by atoms with Crippen molar-refractivity contribution in [3.8, 4) is 0 Å². The van der Waals surface area contributed by atoms with Crippen molar-refractivity contribution in [2.45, 2.75) is 138 Å². The summed E-state index contributed by atoms with van der Waals surface area (Å²) >= 11 is 0. The van der Waals surface area contributed by atoms with Crippen LogP contribution in [0.3, 0.4) is 0 Å². The van der Waals surface area contributed by atoms with Crippen LogP contribution in [0.2, 0.25) is 0 Å². The third-order valence-corrected chi connectivity index (χ3v) is 15.7. The van der Waals surface area contributed by atoms with Crippen molar-refractivity contribution in [3.63, 3.8) is 0 Å². The number of nitrogens with zero attached hydrogens (tertiary/aromatic N) is 2. The van der Waals surface area contributed by atoms with E-state index in [4.69, 9.17) is 4.74 Å². The van der Waals surface area contributed by atoms with Crippen LogP contribution in [0.5, 0.6) is 0 Å². The van der Waals surface area contributed by atoms with Crippen LogP contribution in [-0.2, 0) is 21.4 Å². The number of hydrogen-bond donors (Lipinski definition) is 2. The number of rotatable bonds is 7. The second kappa shape index (κ2) is 12.4. The Balaban J connectivity index is 0.00000468. The molecule has 8 nitrogen and oxygen atoms in total. The zero-order valence-corrected chi connectivity index (χ0v) is 32.3. The Kier molecular flexibility index (Phi) is 9.59. The van der Waals surface area contributed by atoms with Gasteiger partial charge in [-0.25, -0.2) is 4.98 Å². The molecule has 1 amide bonds. The van der Waals surface area contributed by atoms with Gasteiger partial charge in [0.2, 0.25) is 0 Å². The highest BCUT2D eigenvalue weighted by molar-refractivity contribution is 5.92. The Labute approximate surface area is 300 Å². The Bertz CT molecular complexity index is 1500. The minimum Gasteiger partial charge on any atom is -0.481 e. The third kappa shape index (κ3) is 5.69. The second-order valence-corrected chi connectivity index (χ2v) is 18.9. The predicted octanol–water partition coefficient (Wildman–Crippen LogP) is 8.39. The molecule has 6 rings (SSSR count). The lowest BCUT2D eigenvalue weighted by Gasteiger charge is -2.73. The Morgan fingerprint density at radius 3 is 2.29 bits per heavy atom. The van der Waals surface area contributed by atoms with Gasteiger partial charge in [-0.05, 0) is 131 Å². The van der Waals surface area contributed by atoms with Gasteiger partial charge in [0, 0.05) is 24.2 Å². The maximum Gasteiger partial charge on any atom is 0.309 e. The molecule has 5 aliphatic rings. The first-order valence-electron chi connectivity index (χ1n) is 18.6. The van der Waals surface area contributed by atoms with Crippen molar-refractivity contribution in [2.75, 3.05) is 0 Å². The molecule has 49 heavy (non-hydrogen) atoms. The molecule has 0 unspecified atom stereocenters. The fourth-order valence-corrected chi connectivity index (χ4v) is 13.0. The van der Waals surface area contributed by atoms with E-state index in [0.29, 0.717) is 35.3 Å². The highest BCUT2D eigenvalue weighted by Gasteiger charge is 2.71. The SMILES string of the molecule is C=C(C)[C@@H]1CC[C@]2(NC(=O)c3cn(C)cn3)CC[C@]3(C)[C@H](CC[C@@H]4[C@@]5(C)CC[C@H](OC(=O)CC(C)(C)C(=O)O)C(C)(C)[C@@H]5CC[C@]43C)[C@@H]12.Cl. The summed E-state index contributed by atoms with van der Waals surface area (Å²) in [6.07, 6.45) is 13.8. The quantitative estimate of drug-likeness (QED) is 0.219. The summed E-state index contributed by atoms with van der Waals surface area (Å²) in [6, 6.07) is 0. The number of carbonyl (C=O) groups excluding carboxylic acids is 2. The lowest BCUT2D eigenvalue weighted by Crippen LogP contribution is -2.69. The number of aryl methyl sites for hydroxylation is 1. The molecule has 0 bridgehead atoms. The smallest absolute Gasteiger partial charge is 0.309 e. The topological polar surface area (TPSA) is 111 Å². The highest BCUT2D eigenvalue weighted by Crippen LogP contribution is 2.76. The van der Waals surface area contributed by atoms with Crippen LogP contribution >= 0.6 is 12.4 Å². The third-order valence-electron chi connectivity index (χ3n) is 15.7. The van der Waals surface area contributed by atoms with Crippen molar-refractivity contribution in [3.05, 3.63) is 30.4 Å². The predicted molar refractivity (Wildman–Crippen MR) is 193 cm³/mol. The zero-order valence-electron chi connectivity index (χ0n) is 31.5. The number of ether oxygens (including phenoxy) is 1. The lowest BCUT2D eigenvalue weighted by molar-refractivity contribution is -0.246. The average molecular weight is 700 g/mol. The molecular weight excluding hydrogens is 638 g/mol. The summed E-state index contributed by atoms with van der Waals surface area (Å²) in [6.45, 7) is 22.2. The van der Waals surface area contributed by atoms with Gasteiger partial charge in [-0.2, -0.15) is 0 Å². The van der Waals surface area contributed by atoms with Crippen LogP contribution in [-0.4, -0.2) is 44.1 Å². The molecular formula is C40H62ClN3O5. The number of carboxylic acid groups (broad SMARTS) is 1. The van der Waals surface area contributed by atoms with E-state index in [-0.39, 0.29) is 58.0 Å². The molecule has 0 aromatic carbocycles. The average Bonchev–Trinajstić information content (AvgIpc) is 3.59. The minimum atomic E-state index is -1.15. The van der Waals surface area contributed by atoms with Crippen LogP contribution in [0.4, 0.5) is 0 Å². The first kappa shape index (κ1) is 37.9. The zero-order chi connectivity index (χ0) is 35.2. The number of allylic oxidation sites excluding steroid dienone is 1. The van der Waals surface area contributed by atoms with Gasteiger partial charge in [-0.1, -0.05) is 46.8 Å². The van der Waals surface area contributed by atoms with Gasteiger partial charge in [0.1, 0.15) is 11.8 Å². The second-order valence-electron chi connectivity index (χ2n) is 18.9. The minimum absolute atomic E-state index is 0. The molecule has 274 valence electrons. The van der Waals surface area contributed by atoms with Gasteiger partial charge in [0.05, 0.1) is 18.2 Å².